The van der Waals surface area contributed by atoms with Gasteiger partial charge in [-0.1, -0.05) is 12.6 Å². The van der Waals surface area contributed by atoms with Crippen LogP contribution >= 0.6 is 0 Å². The summed E-state index contributed by atoms with van der Waals surface area (Å²) in [5.74, 6) is 0.461. The van der Waals surface area contributed by atoms with Crippen molar-refractivity contribution < 1.29 is 4.79 Å². The van der Waals surface area contributed by atoms with Crippen molar-refractivity contribution in [3.8, 4) is 0 Å². The number of anilines is 1. The summed E-state index contributed by atoms with van der Waals surface area (Å²) in [6.07, 6.45) is 4.98. The van der Waals surface area contributed by atoms with Gasteiger partial charge in [-0.3, -0.25) is 24.0 Å². The molecule has 0 aliphatic carbocycles. The maximum atomic E-state index is 12.3. The number of piperazine rings is 1. The molecule has 4 rings (SSSR count). The van der Waals surface area contributed by atoms with E-state index in [1.807, 2.05) is 37.9 Å². The van der Waals surface area contributed by atoms with Gasteiger partial charge in [-0.15, -0.1) is 0 Å². The lowest BCUT2D eigenvalue weighted by atomic mass is 10.1. The third-order valence-corrected chi connectivity index (χ3v) is 6.12. The van der Waals surface area contributed by atoms with Crippen LogP contribution in [0.15, 0.2) is 54.1 Å². The Bertz CT molecular complexity index is 1230. The molecule has 34 heavy (non-hydrogen) atoms. The van der Waals surface area contributed by atoms with Gasteiger partial charge in [0.25, 0.3) is 5.56 Å². The van der Waals surface area contributed by atoms with Crippen LogP contribution in [-0.4, -0.2) is 61.4 Å². The molecule has 0 aromatic carbocycles. The molecular weight excluding hydrogens is 430 g/mol. The van der Waals surface area contributed by atoms with Crippen molar-refractivity contribution in [2.24, 2.45) is 0 Å². The highest BCUT2D eigenvalue weighted by Gasteiger charge is 2.20. The maximum Gasteiger partial charge on any atom is 0.252 e. The number of fused-ring (bicyclic) bond motifs is 1. The Morgan fingerprint density at radius 3 is 2.50 bits per heavy atom. The van der Waals surface area contributed by atoms with E-state index in [9.17, 15) is 9.59 Å². The number of amides is 1. The highest BCUT2D eigenvalue weighted by molar-refractivity contribution is 5.87. The van der Waals surface area contributed by atoms with E-state index in [0.717, 1.165) is 36.3 Å². The predicted octanol–water partition coefficient (Wildman–Crippen LogP) is 2.77. The number of pyridine rings is 2. The minimum absolute atomic E-state index is 0.00132. The van der Waals surface area contributed by atoms with E-state index in [4.69, 9.17) is 0 Å². The van der Waals surface area contributed by atoms with Gasteiger partial charge in [0.15, 0.2) is 0 Å². The number of nitrogens with zero attached hydrogens (tertiary/aromatic N) is 6. The Kier molecular flexibility index (Phi) is 7.02. The zero-order valence-corrected chi connectivity index (χ0v) is 19.9. The Hall–Kier alpha value is -3.59. The first-order valence-corrected chi connectivity index (χ1v) is 11.6. The zero-order chi connectivity index (χ0) is 24.2. The van der Waals surface area contributed by atoms with Crippen LogP contribution in [0.1, 0.15) is 44.1 Å². The normalized spacial score (nSPS) is 15.5. The summed E-state index contributed by atoms with van der Waals surface area (Å²) < 4.78 is 1.68. The number of carbonyl (C=O) groups is 1. The number of rotatable bonds is 7. The lowest BCUT2D eigenvalue weighted by Gasteiger charge is -2.34. The molecule has 178 valence electrons. The van der Waals surface area contributed by atoms with Gasteiger partial charge in [0, 0.05) is 62.6 Å². The summed E-state index contributed by atoms with van der Waals surface area (Å²) in [5, 5.41) is 4.15. The van der Waals surface area contributed by atoms with E-state index in [-0.39, 0.29) is 23.6 Å². The van der Waals surface area contributed by atoms with Crippen LogP contribution in [0.2, 0.25) is 0 Å². The van der Waals surface area contributed by atoms with Gasteiger partial charge in [-0.05, 0) is 44.5 Å². The highest BCUT2D eigenvalue weighted by Crippen LogP contribution is 2.19. The fourth-order valence-corrected chi connectivity index (χ4v) is 4.15. The Morgan fingerprint density at radius 2 is 1.85 bits per heavy atom. The van der Waals surface area contributed by atoms with Crippen LogP contribution in [0.5, 0.6) is 0 Å². The summed E-state index contributed by atoms with van der Waals surface area (Å²) >= 11 is 0. The molecule has 1 saturated heterocycles. The van der Waals surface area contributed by atoms with E-state index in [0.29, 0.717) is 24.7 Å². The molecule has 0 radical (unpaired) electrons. The molecule has 0 saturated carbocycles. The van der Waals surface area contributed by atoms with Crippen LogP contribution < -0.4 is 10.9 Å². The highest BCUT2D eigenvalue weighted by atomic mass is 16.2. The summed E-state index contributed by atoms with van der Waals surface area (Å²) in [6, 6.07) is 7.34. The van der Waals surface area contributed by atoms with Crippen molar-refractivity contribution in [2.75, 3.05) is 31.5 Å². The van der Waals surface area contributed by atoms with Gasteiger partial charge in [0.2, 0.25) is 11.9 Å². The topological polar surface area (TPSA) is 96.2 Å². The van der Waals surface area contributed by atoms with E-state index < -0.39 is 0 Å². The number of hydrogen-bond acceptors (Lipinski definition) is 7. The second kappa shape index (κ2) is 10.1. The molecule has 1 fully saturated rings. The molecular formula is C25H31N7O2. The van der Waals surface area contributed by atoms with Gasteiger partial charge < -0.3 is 10.2 Å². The quantitative estimate of drug-likeness (QED) is 0.541. The second-order valence-corrected chi connectivity index (χ2v) is 8.86. The van der Waals surface area contributed by atoms with E-state index in [1.54, 1.807) is 22.9 Å². The van der Waals surface area contributed by atoms with Crippen molar-refractivity contribution >= 4 is 22.9 Å². The van der Waals surface area contributed by atoms with Crippen molar-refractivity contribution in [3.63, 3.8) is 0 Å². The molecule has 0 spiro atoms. The molecule has 0 bridgehead atoms. The largest absolute Gasteiger partial charge is 0.348 e. The summed E-state index contributed by atoms with van der Waals surface area (Å²) in [5.41, 5.74) is 2.55. The van der Waals surface area contributed by atoms with Crippen LogP contribution in [-0.2, 0) is 11.3 Å². The lowest BCUT2D eigenvalue weighted by Crippen LogP contribution is -2.47. The van der Waals surface area contributed by atoms with Gasteiger partial charge in [0.1, 0.15) is 5.65 Å². The summed E-state index contributed by atoms with van der Waals surface area (Å²) in [7, 11) is 0. The van der Waals surface area contributed by atoms with E-state index in [2.05, 4.69) is 37.8 Å². The van der Waals surface area contributed by atoms with Crippen molar-refractivity contribution in [1.29, 1.82) is 0 Å². The van der Waals surface area contributed by atoms with Crippen LogP contribution in [0, 0.1) is 0 Å². The summed E-state index contributed by atoms with van der Waals surface area (Å²) in [6.45, 7) is 13.3. The monoisotopic (exact) mass is 461 g/mol. The Balaban J connectivity index is 1.40. The van der Waals surface area contributed by atoms with Crippen molar-refractivity contribution in [3.05, 3.63) is 70.9 Å². The molecule has 1 amide bonds. The molecule has 1 aliphatic heterocycles. The Morgan fingerprint density at radius 1 is 1.09 bits per heavy atom. The fraction of sp³-hybridized carbons (Fsp3) is 0.400. The number of carbonyl (C=O) groups excluding carboxylic acids is 1. The van der Waals surface area contributed by atoms with Crippen molar-refractivity contribution in [1.82, 2.24) is 29.3 Å². The number of hydrogen-bond donors (Lipinski definition) is 1. The van der Waals surface area contributed by atoms with Crippen LogP contribution in [0.3, 0.4) is 0 Å². The average molecular weight is 462 g/mol. The first-order chi connectivity index (χ1) is 16.4. The lowest BCUT2D eigenvalue weighted by molar-refractivity contribution is -0.127. The van der Waals surface area contributed by atoms with Crippen molar-refractivity contribution in [2.45, 2.75) is 39.4 Å². The Labute approximate surface area is 199 Å². The fourth-order valence-electron chi connectivity index (χ4n) is 4.15. The maximum absolute atomic E-state index is 12.3. The molecule has 1 atom stereocenters. The standard InChI is InChI=1S/C25H31N7O2/c1-5-22(33)31-12-10-30(11-13-31)16-21-8-6-19(14-26-21)18(4)28-25-27-15-20-7-9-23(34)32(17(2)3)24(20)29-25/h5-9,14-15,17-18H,1,10-13,16H2,2-4H3,(H,27,28,29). The first-order valence-electron chi connectivity index (χ1n) is 11.6. The zero-order valence-electron chi connectivity index (χ0n) is 19.9. The number of nitrogens with one attached hydrogen (secondary N) is 1. The second-order valence-electron chi connectivity index (χ2n) is 8.86. The molecule has 1 aliphatic rings. The minimum Gasteiger partial charge on any atom is -0.348 e. The minimum atomic E-state index is -0.0753. The third kappa shape index (κ3) is 5.14. The predicted molar refractivity (Wildman–Crippen MR) is 133 cm³/mol. The molecule has 3 aromatic rings. The average Bonchev–Trinajstić information content (AvgIpc) is 2.84. The van der Waals surface area contributed by atoms with Gasteiger partial charge >= 0.3 is 0 Å². The first kappa shape index (κ1) is 23.6. The molecule has 1 N–H and O–H groups in total. The molecule has 9 heteroatoms. The van der Waals surface area contributed by atoms with Gasteiger partial charge in [0.05, 0.1) is 11.7 Å². The molecule has 4 heterocycles. The molecule has 1 unspecified atom stereocenters. The number of aromatic nitrogens is 4. The van der Waals surface area contributed by atoms with Crippen LogP contribution in [0.25, 0.3) is 11.0 Å². The van der Waals surface area contributed by atoms with Crippen LogP contribution in [0.4, 0.5) is 5.95 Å². The smallest absolute Gasteiger partial charge is 0.252 e. The third-order valence-electron chi connectivity index (χ3n) is 6.12. The van der Waals surface area contributed by atoms with E-state index in [1.165, 1.54) is 6.08 Å². The van der Waals surface area contributed by atoms with Gasteiger partial charge in [-0.2, -0.15) is 4.98 Å². The molecule has 3 aromatic heterocycles. The molecule has 9 nitrogen and oxygen atoms in total. The SMILES string of the molecule is C=CC(=O)N1CCN(Cc2ccc(C(C)Nc3ncc4ccc(=O)n(C(C)C)c4n3)cn2)CC1. The van der Waals surface area contributed by atoms with Gasteiger partial charge in [-0.25, -0.2) is 4.98 Å². The van der Waals surface area contributed by atoms with E-state index >= 15 is 0 Å². The summed E-state index contributed by atoms with van der Waals surface area (Å²) in [4.78, 5) is 41.9.